The van der Waals surface area contributed by atoms with Gasteiger partial charge in [0.05, 0.1) is 0 Å². The van der Waals surface area contributed by atoms with Gasteiger partial charge >= 0.3 is 0 Å². The Balaban J connectivity index is 3.48. The molecule has 0 aliphatic heterocycles. The first kappa shape index (κ1) is 13.0. The van der Waals surface area contributed by atoms with Gasteiger partial charge in [0.25, 0.3) is 0 Å². The number of hydrogen-bond donors (Lipinski definition) is 0. The van der Waals surface area contributed by atoms with Crippen molar-refractivity contribution in [2.45, 2.75) is 52.4 Å². The average molecular weight is 316 g/mol. The van der Waals surface area contributed by atoms with Crippen molar-refractivity contribution in [2.24, 2.45) is 0 Å². The Bertz CT molecular complexity index is 351. The number of hydrogen-bond acceptors (Lipinski definition) is 0. The van der Waals surface area contributed by atoms with Crippen molar-refractivity contribution >= 4 is 22.6 Å². The van der Waals surface area contributed by atoms with Crippen LogP contribution in [-0.4, -0.2) is 0 Å². The molecule has 0 bridgehead atoms. The van der Waals surface area contributed by atoms with Crippen LogP contribution in [-0.2, 0) is 10.8 Å². The van der Waals surface area contributed by atoms with Gasteiger partial charge in [0.2, 0.25) is 0 Å². The molecular formula is C14H21I. The molecule has 0 atom stereocenters. The molecule has 1 aromatic rings. The van der Waals surface area contributed by atoms with E-state index >= 15 is 0 Å². The Morgan fingerprint density at radius 3 is 1.73 bits per heavy atom. The van der Waals surface area contributed by atoms with Crippen LogP contribution in [0.25, 0.3) is 0 Å². The molecule has 0 spiro atoms. The molecular weight excluding hydrogens is 295 g/mol. The second-order valence-corrected chi connectivity index (χ2v) is 7.32. The van der Waals surface area contributed by atoms with Gasteiger partial charge in [-0.05, 0) is 50.6 Å². The van der Waals surface area contributed by atoms with Gasteiger partial charge in [-0.3, -0.25) is 0 Å². The molecule has 0 fully saturated rings. The van der Waals surface area contributed by atoms with E-state index in [0.29, 0.717) is 0 Å². The molecule has 0 N–H and O–H groups in total. The van der Waals surface area contributed by atoms with E-state index in [1.165, 1.54) is 14.7 Å². The summed E-state index contributed by atoms with van der Waals surface area (Å²) in [4.78, 5) is 0. The van der Waals surface area contributed by atoms with E-state index in [1.54, 1.807) is 0 Å². The van der Waals surface area contributed by atoms with Crippen molar-refractivity contribution in [3.8, 4) is 0 Å². The molecule has 0 heterocycles. The van der Waals surface area contributed by atoms with E-state index in [4.69, 9.17) is 0 Å². The van der Waals surface area contributed by atoms with Crippen LogP contribution in [0.4, 0.5) is 0 Å². The van der Waals surface area contributed by atoms with Crippen LogP contribution in [0.1, 0.15) is 52.7 Å². The van der Waals surface area contributed by atoms with Crippen LogP contribution >= 0.6 is 22.6 Å². The molecule has 0 unspecified atom stereocenters. The molecule has 15 heavy (non-hydrogen) atoms. The van der Waals surface area contributed by atoms with Gasteiger partial charge in [0.15, 0.2) is 0 Å². The van der Waals surface area contributed by atoms with E-state index in [-0.39, 0.29) is 10.8 Å². The van der Waals surface area contributed by atoms with Gasteiger partial charge in [0, 0.05) is 3.57 Å². The minimum absolute atomic E-state index is 0.223. The summed E-state index contributed by atoms with van der Waals surface area (Å²) >= 11 is 2.45. The highest BCUT2D eigenvalue weighted by Gasteiger charge is 2.26. The van der Waals surface area contributed by atoms with Crippen molar-refractivity contribution in [3.63, 3.8) is 0 Å². The minimum atomic E-state index is 0.223. The van der Waals surface area contributed by atoms with E-state index in [0.717, 1.165) is 0 Å². The van der Waals surface area contributed by atoms with Crippen LogP contribution in [0.2, 0.25) is 0 Å². The summed E-state index contributed by atoms with van der Waals surface area (Å²) in [7, 11) is 0. The van der Waals surface area contributed by atoms with Gasteiger partial charge < -0.3 is 0 Å². The average Bonchev–Trinajstić information content (AvgIpc) is 1.99. The van der Waals surface area contributed by atoms with Crippen LogP contribution in [0.15, 0.2) is 18.2 Å². The fourth-order valence-corrected chi connectivity index (χ4v) is 3.22. The van der Waals surface area contributed by atoms with E-state index in [2.05, 4.69) is 82.3 Å². The van der Waals surface area contributed by atoms with Crippen molar-refractivity contribution in [1.82, 2.24) is 0 Å². The summed E-state index contributed by atoms with van der Waals surface area (Å²) < 4.78 is 1.38. The maximum atomic E-state index is 2.45. The summed E-state index contributed by atoms with van der Waals surface area (Å²) in [6.45, 7) is 13.7. The van der Waals surface area contributed by atoms with Crippen LogP contribution < -0.4 is 0 Å². The van der Waals surface area contributed by atoms with Gasteiger partial charge in [-0.25, -0.2) is 0 Å². The highest BCUT2D eigenvalue weighted by atomic mass is 127. The van der Waals surface area contributed by atoms with E-state index < -0.39 is 0 Å². The standard InChI is InChI=1S/C14H21I/c1-13(2,3)10-8-7-9-11(15)12(10)14(4,5)6/h7-9H,1-6H3. The summed E-state index contributed by atoms with van der Waals surface area (Å²) in [6, 6.07) is 6.64. The molecule has 0 saturated heterocycles. The largest absolute Gasteiger partial charge is 0.0609 e. The zero-order valence-electron chi connectivity index (χ0n) is 10.6. The fourth-order valence-electron chi connectivity index (χ4n) is 1.91. The van der Waals surface area contributed by atoms with Crippen LogP contribution in [0.3, 0.4) is 0 Å². The van der Waals surface area contributed by atoms with E-state index in [1.807, 2.05) is 0 Å². The quantitative estimate of drug-likeness (QED) is 0.598. The van der Waals surface area contributed by atoms with Crippen LogP contribution in [0, 0.1) is 3.57 Å². The van der Waals surface area contributed by atoms with Crippen molar-refractivity contribution in [2.75, 3.05) is 0 Å². The lowest BCUT2D eigenvalue weighted by Crippen LogP contribution is -2.23. The highest BCUT2D eigenvalue weighted by molar-refractivity contribution is 14.1. The number of benzene rings is 1. The normalized spacial score (nSPS) is 13.0. The molecule has 0 aromatic heterocycles. The SMILES string of the molecule is CC(C)(C)c1cccc(I)c1C(C)(C)C. The van der Waals surface area contributed by atoms with Gasteiger partial charge in [-0.2, -0.15) is 0 Å². The molecule has 84 valence electrons. The van der Waals surface area contributed by atoms with Crippen molar-refractivity contribution < 1.29 is 0 Å². The maximum absolute atomic E-state index is 2.45. The first-order valence-electron chi connectivity index (χ1n) is 5.43. The topological polar surface area (TPSA) is 0 Å². The molecule has 0 amide bonds. The van der Waals surface area contributed by atoms with Crippen molar-refractivity contribution in [1.29, 1.82) is 0 Å². The third-order valence-electron chi connectivity index (χ3n) is 2.57. The lowest BCUT2D eigenvalue weighted by Gasteiger charge is -2.31. The molecule has 0 nitrogen and oxygen atoms in total. The predicted octanol–water partition coefficient (Wildman–Crippen LogP) is 4.89. The second kappa shape index (κ2) is 4.08. The van der Waals surface area contributed by atoms with Crippen molar-refractivity contribution in [3.05, 3.63) is 32.9 Å². The Morgan fingerprint density at radius 1 is 0.867 bits per heavy atom. The summed E-state index contributed by atoms with van der Waals surface area (Å²) in [5.41, 5.74) is 3.42. The summed E-state index contributed by atoms with van der Waals surface area (Å²) in [6.07, 6.45) is 0. The first-order valence-corrected chi connectivity index (χ1v) is 6.51. The first-order chi connectivity index (χ1) is 6.64. The van der Waals surface area contributed by atoms with Crippen LogP contribution in [0.5, 0.6) is 0 Å². The van der Waals surface area contributed by atoms with E-state index in [9.17, 15) is 0 Å². The molecule has 1 rings (SSSR count). The number of halogens is 1. The summed E-state index contributed by atoms with van der Waals surface area (Å²) in [5.74, 6) is 0. The summed E-state index contributed by atoms with van der Waals surface area (Å²) in [5, 5.41) is 0. The predicted molar refractivity (Wildman–Crippen MR) is 76.6 cm³/mol. The molecule has 0 saturated carbocycles. The third-order valence-corrected chi connectivity index (χ3v) is 3.47. The molecule has 1 aromatic carbocycles. The maximum Gasteiger partial charge on any atom is 0.0170 e. The lowest BCUT2D eigenvalue weighted by atomic mass is 9.75. The molecule has 0 radical (unpaired) electrons. The Morgan fingerprint density at radius 2 is 1.40 bits per heavy atom. The second-order valence-electron chi connectivity index (χ2n) is 6.16. The smallest absolute Gasteiger partial charge is 0.0170 e. The zero-order chi connectivity index (χ0) is 11.9. The monoisotopic (exact) mass is 316 g/mol. The van der Waals surface area contributed by atoms with Gasteiger partial charge in [0.1, 0.15) is 0 Å². The minimum Gasteiger partial charge on any atom is -0.0609 e. The molecule has 1 heteroatoms. The Kier molecular flexibility index (Phi) is 3.54. The lowest BCUT2D eigenvalue weighted by molar-refractivity contribution is 0.527. The molecule has 0 aliphatic rings. The zero-order valence-corrected chi connectivity index (χ0v) is 12.8. The third kappa shape index (κ3) is 2.96. The van der Waals surface area contributed by atoms with Gasteiger partial charge in [-0.15, -0.1) is 0 Å². The number of rotatable bonds is 0. The highest BCUT2D eigenvalue weighted by Crippen LogP contribution is 2.36. The molecule has 0 aliphatic carbocycles. The Hall–Kier alpha value is -0.0500. The fraction of sp³-hybridized carbons (Fsp3) is 0.571. The Labute approximate surface area is 108 Å². The van der Waals surface area contributed by atoms with Gasteiger partial charge in [-0.1, -0.05) is 53.7 Å².